The fraction of sp³-hybridized carbons (Fsp3) is 0.600. The number of anilines is 1. The molecule has 0 unspecified atom stereocenters. The molecule has 9 heteroatoms. The van der Waals surface area contributed by atoms with Crippen LogP contribution in [0.1, 0.15) is 21.6 Å². The minimum absolute atomic E-state index is 0.198. The van der Waals surface area contributed by atoms with Gasteiger partial charge in [-0.3, -0.25) is 4.79 Å². The first kappa shape index (κ1) is 18.6. The molecule has 0 fully saturated rings. The molecule has 8 nitrogen and oxygen atoms in total. The van der Waals surface area contributed by atoms with Crippen LogP contribution in [0.15, 0.2) is 6.07 Å². The van der Waals surface area contributed by atoms with Crippen molar-refractivity contribution < 1.29 is 13.2 Å². The maximum absolute atomic E-state index is 12.3. The van der Waals surface area contributed by atoms with Crippen LogP contribution < -0.4 is 10.2 Å². The highest BCUT2D eigenvalue weighted by Crippen LogP contribution is 2.24. The van der Waals surface area contributed by atoms with Gasteiger partial charge in [-0.05, 0) is 18.1 Å². The van der Waals surface area contributed by atoms with Crippen LogP contribution in [0, 0.1) is 0 Å². The lowest BCUT2D eigenvalue weighted by Gasteiger charge is -2.23. The zero-order valence-electron chi connectivity index (χ0n) is 14.8. The van der Waals surface area contributed by atoms with Gasteiger partial charge < -0.3 is 10.2 Å². The van der Waals surface area contributed by atoms with E-state index in [1.54, 1.807) is 11.9 Å². The third-order valence-corrected chi connectivity index (χ3v) is 6.02. The number of hydrogen-bond acceptors (Lipinski definition) is 5. The van der Waals surface area contributed by atoms with Crippen LogP contribution in [0.3, 0.4) is 0 Å². The van der Waals surface area contributed by atoms with Gasteiger partial charge in [-0.25, -0.2) is 4.98 Å². The Morgan fingerprint density at radius 1 is 1.21 bits per heavy atom. The molecule has 0 saturated carbocycles. The number of aromatic nitrogens is 1. The van der Waals surface area contributed by atoms with Gasteiger partial charge >= 0.3 is 0 Å². The van der Waals surface area contributed by atoms with Gasteiger partial charge in [0.1, 0.15) is 5.82 Å². The Kier molecular flexibility index (Phi) is 5.46. The molecule has 0 spiro atoms. The highest BCUT2D eigenvalue weighted by Gasteiger charge is 2.28. The zero-order chi connectivity index (χ0) is 18.1. The average molecular weight is 355 g/mol. The number of carbonyl (C=O) groups excluding carboxylic acids is 1. The topological polar surface area (TPSA) is 85.9 Å². The first-order chi connectivity index (χ1) is 11.2. The van der Waals surface area contributed by atoms with Gasteiger partial charge in [-0.1, -0.05) is 0 Å². The van der Waals surface area contributed by atoms with Gasteiger partial charge in [0.25, 0.3) is 16.1 Å². The predicted molar refractivity (Wildman–Crippen MR) is 93.5 cm³/mol. The van der Waals surface area contributed by atoms with Gasteiger partial charge in [0.15, 0.2) is 0 Å². The molecule has 24 heavy (non-hydrogen) atoms. The van der Waals surface area contributed by atoms with Crippen LogP contribution in [0.4, 0.5) is 5.82 Å². The molecular formula is C15H25N5O3S. The lowest BCUT2D eigenvalue weighted by atomic mass is 10.0. The van der Waals surface area contributed by atoms with Crippen molar-refractivity contribution in [1.82, 2.24) is 18.9 Å². The predicted octanol–water partition coefficient (Wildman–Crippen LogP) is -0.286. The standard InChI is InChI=1S/C15H25N5O3S/c1-16-15(21)12-10-11-6-8-20(24(22,23)19(4)5)9-7-13(11)17-14(12)18(2)3/h10H,6-9H2,1-5H3,(H,16,21). The van der Waals surface area contributed by atoms with E-state index in [1.807, 2.05) is 20.2 Å². The van der Waals surface area contributed by atoms with E-state index in [-0.39, 0.29) is 5.91 Å². The Labute approximate surface area is 143 Å². The number of amides is 1. The number of carbonyl (C=O) groups is 1. The van der Waals surface area contributed by atoms with Gasteiger partial charge in [0.2, 0.25) is 0 Å². The van der Waals surface area contributed by atoms with Crippen LogP contribution in [-0.4, -0.2) is 76.2 Å². The Bertz CT molecular complexity index is 731. The zero-order valence-corrected chi connectivity index (χ0v) is 15.6. The average Bonchev–Trinajstić information content (AvgIpc) is 2.74. The summed E-state index contributed by atoms with van der Waals surface area (Å²) in [7, 11) is 4.86. The normalized spacial score (nSPS) is 15.8. The van der Waals surface area contributed by atoms with E-state index in [9.17, 15) is 13.2 Å². The molecule has 0 atom stereocenters. The van der Waals surface area contributed by atoms with Crippen LogP contribution in [0.5, 0.6) is 0 Å². The number of rotatable bonds is 4. The van der Waals surface area contributed by atoms with Crippen molar-refractivity contribution in [2.45, 2.75) is 12.8 Å². The van der Waals surface area contributed by atoms with Crippen molar-refractivity contribution in [3.05, 3.63) is 22.9 Å². The molecule has 1 aliphatic rings. The monoisotopic (exact) mass is 355 g/mol. The summed E-state index contributed by atoms with van der Waals surface area (Å²) in [5.74, 6) is 0.396. The van der Waals surface area contributed by atoms with Crippen LogP contribution >= 0.6 is 0 Å². The molecule has 1 aliphatic heterocycles. The van der Waals surface area contributed by atoms with Crippen molar-refractivity contribution in [3.63, 3.8) is 0 Å². The van der Waals surface area contributed by atoms with Gasteiger partial charge in [-0.15, -0.1) is 0 Å². The lowest BCUT2D eigenvalue weighted by molar-refractivity contribution is 0.0963. The maximum Gasteiger partial charge on any atom is 0.281 e. The molecular weight excluding hydrogens is 330 g/mol. The summed E-state index contributed by atoms with van der Waals surface area (Å²) < 4.78 is 27.4. The maximum atomic E-state index is 12.3. The summed E-state index contributed by atoms with van der Waals surface area (Å²) in [5, 5.41) is 2.63. The quantitative estimate of drug-likeness (QED) is 0.802. The number of fused-ring (bicyclic) bond motifs is 1. The number of hydrogen-bond donors (Lipinski definition) is 1. The van der Waals surface area contributed by atoms with E-state index in [4.69, 9.17) is 0 Å². The molecule has 2 heterocycles. The van der Waals surface area contributed by atoms with Crippen molar-refractivity contribution in [3.8, 4) is 0 Å². The Hall–Kier alpha value is -1.71. The minimum Gasteiger partial charge on any atom is -0.362 e. The Balaban J connectivity index is 2.40. The van der Waals surface area contributed by atoms with Crippen molar-refractivity contribution in [2.24, 2.45) is 0 Å². The van der Waals surface area contributed by atoms with E-state index >= 15 is 0 Å². The first-order valence-electron chi connectivity index (χ1n) is 7.78. The first-order valence-corrected chi connectivity index (χ1v) is 9.18. The summed E-state index contributed by atoms with van der Waals surface area (Å²) in [5.41, 5.74) is 2.28. The van der Waals surface area contributed by atoms with E-state index < -0.39 is 10.2 Å². The number of pyridine rings is 1. The third-order valence-electron chi connectivity index (χ3n) is 4.08. The van der Waals surface area contributed by atoms with Crippen LogP contribution in [0.25, 0.3) is 0 Å². The summed E-state index contributed by atoms with van der Waals surface area (Å²) in [6.07, 6.45) is 1.06. The fourth-order valence-corrected chi connectivity index (χ4v) is 3.81. The van der Waals surface area contributed by atoms with Gasteiger partial charge in [0, 0.05) is 60.4 Å². The summed E-state index contributed by atoms with van der Waals surface area (Å²) in [6.45, 7) is 0.760. The number of nitrogens with zero attached hydrogens (tertiary/aromatic N) is 4. The molecule has 0 saturated heterocycles. The summed E-state index contributed by atoms with van der Waals surface area (Å²) >= 11 is 0. The van der Waals surface area contributed by atoms with Crippen molar-refractivity contribution >= 4 is 21.9 Å². The highest BCUT2D eigenvalue weighted by atomic mass is 32.2. The lowest BCUT2D eigenvalue weighted by Crippen LogP contribution is -2.41. The van der Waals surface area contributed by atoms with Gasteiger partial charge in [-0.2, -0.15) is 17.0 Å². The number of nitrogens with one attached hydrogen (secondary N) is 1. The Morgan fingerprint density at radius 3 is 2.38 bits per heavy atom. The van der Waals surface area contributed by atoms with Crippen molar-refractivity contribution in [2.75, 3.05) is 53.2 Å². The molecule has 1 aromatic heterocycles. The molecule has 0 bridgehead atoms. The summed E-state index contributed by atoms with van der Waals surface area (Å²) in [6, 6.07) is 1.84. The highest BCUT2D eigenvalue weighted by molar-refractivity contribution is 7.86. The second-order valence-corrected chi connectivity index (χ2v) is 8.27. The molecule has 1 amide bonds. The minimum atomic E-state index is -3.45. The van der Waals surface area contributed by atoms with E-state index in [0.29, 0.717) is 37.3 Å². The molecule has 0 aliphatic carbocycles. The van der Waals surface area contributed by atoms with Crippen LogP contribution in [-0.2, 0) is 23.1 Å². The fourth-order valence-electron chi connectivity index (χ4n) is 2.71. The van der Waals surface area contributed by atoms with E-state index in [1.165, 1.54) is 22.7 Å². The molecule has 0 radical (unpaired) electrons. The SMILES string of the molecule is CNC(=O)c1cc2c(nc1N(C)C)CCN(S(=O)(=O)N(C)C)CC2. The largest absolute Gasteiger partial charge is 0.362 e. The Morgan fingerprint density at radius 2 is 1.83 bits per heavy atom. The summed E-state index contributed by atoms with van der Waals surface area (Å²) in [4.78, 5) is 18.6. The molecule has 2 rings (SSSR count). The second-order valence-electron chi connectivity index (χ2n) is 6.13. The van der Waals surface area contributed by atoms with E-state index in [0.717, 1.165) is 11.3 Å². The van der Waals surface area contributed by atoms with E-state index in [2.05, 4.69) is 10.3 Å². The molecule has 0 aromatic carbocycles. The molecule has 134 valence electrons. The molecule has 1 aromatic rings. The smallest absolute Gasteiger partial charge is 0.281 e. The van der Waals surface area contributed by atoms with Crippen LogP contribution in [0.2, 0.25) is 0 Å². The second kappa shape index (κ2) is 7.04. The third kappa shape index (κ3) is 3.52. The van der Waals surface area contributed by atoms with Gasteiger partial charge in [0.05, 0.1) is 5.56 Å². The van der Waals surface area contributed by atoms with Crippen molar-refractivity contribution in [1.29, 1.82) is 0 Å². The molecule has 1 N–H and O–H groups in total.